The minimum atomic E-state index is -0.324. The number of benzene rings is 1. The molecular formula is C14H20O3. The van der Waals surface area contributed by atoms with E-state index in [9.17, 15) is 4.79 Å². The second kappa shape index (κ2) is 6.28. The van der Waals surface area contributed by atoms with E-state index in [0.717, 1.165) is 12.0 Å². The van der Waals surface area contributed by atoms with E-state index < -0.39 is 0 Å². The van der Waals surface area contributed by atoms with Gasteiger partial charge in [0.05, 0.1) is 12.7 Å². The van der Waals surface area contributed by atoms with Crippen molar-refractivity contribution in [3.63, 3.8) is 0 Å². The van der Waals surface area contributed by atoms with Crippen LogP contribution in [-0.4, -0.2) is 18.7 Å². The molecule has 0 saturated heterocycles. The van der Waals surface area contributed by atoms with Gasteiger partial charge in [0.2, 0.25) is 0 Å². The van der Waals surface area contributed by atoms with Crippen LogP contribution in [0.4, 0.5) is 0 Å². The summed E-state index contributed by atoms with van der Waals surface area (Å²) in [5.74, 6) is 0.276. The van der Waals surface area contributed by atoms with Crippen LogP contribution < -0.4 is 4.74 Å². The molecule has 3 heteroatoms. The Bertz CT molecular complexity index is 383. The van der Waals surface area contributed by atoms with Crippen molar-refractivity contribution >= 4 is 5.97 Å². The highest BCUT2D eigenvalue weighted by atomic mass is 16.5. The standard InChI is InChI=1S/C14H20O3/c1-5-8-16-13-7-6-11(4)9-12(13)14(15)17-10(2)3/h6-7,9-10H,5,8H2,1-4H3. The first-order valence-corrected chi connectivity index (χ1v) is 5.99. The molecule has 0 saturated carbocycles. The fraction of sp³-hybridized carbons (Fsp3) is 0.500. The maximum absolute atomic E-state index is 11.9. The largest absolute Gasteiger partial charge is 0.493 e. The highest BCUT2D eigenvalue weighted by Crippen LogP contribution is 2.21. The van der Waals surface area contributed by atoms with Gasteiger partial charge in [-0.25, -0.2) is 4.79 Å². The van der Waals surface area contributed by atoms with Gasteiger partial charge >= 0.3 is 5.97 Å². The number of aryl methyl sites for hydroxylation is 1. The van der Waals surface area contributed by atoms with Crippen LogP contribution in [0.15, 0.2) is 18.2 Å². The first kappa shape index (κ1) is 13.6. The third kappa shape index (κ3) is 4.10. The Morgan fingerprint density at radius 1 is 1.35 bits per heavy atom. The molecule has 1 rings (SSSR count). The van der Waals surface area contributed by atoms with Crippen molar-refractivity contribution in [2.45, 2.75) is 40.2 Å². The van der Waals surface area contributed by atoms with Crippen LogP contribution >= 0.6 is 0 Å². The molecule has 3 nitrogen and oxygen atoms in total. The minimum Gasteiger partial charge on any atom is -0.493 e. The number of rotatable bonds is 5. The summed E-state index contributed by atoms with van der Waals surface area (Å²) < 4.78 is 10.7. The molecule has 0 aliphatic carbocycles. The zero-order valence-corrected chi connectivity index (χ0v) is 10.9. The molecule has 1 aromatic carbocycles. The van der Waals surface area contributed by atoms with Gasteiger partial charge in [-0.05, 0) is 39.3 Å². The van der Waals surface area contributed by atoms with Crippen molar-refractivity contribution in [3.05, 3.63) is 29.3 Å². The molecule has 0 aliphatic rings. The summed E-state index contributed by atoms with van der Waals surface area (Å²) in [4.78, 5) is 11.9. The normalized spacial score (nSPS) is 10.4. The summed E-state index contributed by atoms with van der Waals surface area (Å²) in [5, 5.41) is 0. The molecule has 0 radical (unpaired) electrons. The van der Waals surface area contributed by atoms with Crippen LogP contribution in [0.5, 0.6) is 5.75 Å². The van der Waals surface area contributed by atoms with Gasteiger partial charge in [-0.1, -0.05) is 18.6 Å². The number of ether oxygens (including phenoxy) is 2. The summed E-state index contributed by atoms with van der Waals surface area (Å²) in [5.41, 5.74) is 1.52. The van der Waals surface area contributed by atoms with Gasteiger partial charge in [-0.2, -0.15) is 0 Å². The van der Waals surface area contributed by atoms with Crippen LogP contribution in [0, 0.1) is 6.92 Å². The number of esters is 1. The van der Waals surface area contributed by atoms with E-state index in [2.05, 4.69) is 0 Å². The van der Waals surface area contributed by atoms with Gasteiger partial charge in [0.1, 0.15) is 11.3 Å². The van der Waals surface area contributed by atoms with Crippen molar-refractivity contribution in [2.75, 3.05) is 6.61 Å². The maximum atomic E-state index is 11.9. The van der Waals surface area contributed by atoms with Crippen molar-refractivity contribution in [1.29, 1.82) is 0 Å². The van der Waals surface area contributed by atoms with Crippen LogP contribution in [0.3, 0.4) is 0 Å². The third-order valence-corrected chi connectivity index (χ3v) is 2.16. The lowest BCUT2D eigenvalue weighted by atomic mass is 10.1. The van der Waals surface area contributed by atoms with Crippen molar-refractivity contribution in [1.82, 2.24) is 0 Å². The zero-order chi connectivity index (χ0) is 12.8. The molecule has 0 heterocycles. The van der Waals surface area contributed by atoms with Crippen LogP contribution in [-0.2, 0) is 4.74 Å². The van der Waals surface area contributed by atoms with Crippen LogP contribution in [0.1, 0.15) is 43.1 Å². The van der Waals surface area contributed by atoms with Crippen LogP contribution in [0.2, 0.25) is 0 Å². The second-order valence-corrected chi connectivity index (χ2v) is 4.30. The number of hydrogen-bond acceptors (Lipinski definition) is 3. The molecule has 0 bridgehead atoms. The van der Waals surface area contributed by atoms with E-state index in [1.54, 1.807) is 6.07 Å². The van der Waals surface area contributed by atoms with E-state index in [-0.39, 0.29) is 12.1 Å². The molecular weight excluding hydrogens is 216 g/mol. The minimum absolute atomic E-state index is 0.123. The Morgan fingerprint density at radius 3 is 2.65 bits per heavy atom. The average molecular weight is 236 g/mol. The molecule has 0 amide bonds. The van der Waals surface area contributed by atoms with Crippen molar-refractivity contribution in [3.8, 4) is 5.75 Å². The Balaban J connectivity index is 2.93. The van der Waals surface area contributed by atoms with Crippen LogP contribution in [0.25, 0.3) is 0 Å². The molecule has 0 spiro atoms. The Morgan fingerprint density at radius 2 is 2.06 bits per heavy atom. The van der Waals surface area contributed by atoms with E-state index in [1.807, 2.05) is 39.8 Å². The van der Waals surface area contributed by atoms with E-state index >= 15 is 0 Å². The van der Waals surface area contributed by atoms with E-state index in [4.69, 9.17) is 9.47 Å². The molecule has 0 aliphatic heterocycles. The topological polar surface area (TPSA) is 35.5 Å². The molecule has 0 aromatic heterocycles. The SMILES string of the molecule is CCCOc1ccc(C)cc1C(=O)OC(C)C. The highest BCUT2D eigenvalue weighted by molar-refractivity contribution is 5.92. The Kier molecular flexibility index (Phi) is 5.01. The summed E-state index contributed by atoms with van der Waals surface area (Å²) >= 11 is 0. The summed E-state index contributed by atoms with van der Waals surface area (Å²) in [6, 6.07) is 5.55. The predicted octanol–water partition coefficient (Wildman–Crippen LogP) is 3.35. The summed E-state index contributed by atoms with van der Waals surface area (Å²) in [6.45, 7) is 8.24. The first-order chi connectivity index (χ1) is 8.04. The highest BCUT2D eigenvalue weighted by Gasteiger charge is 2.15. The number of carbonyl (C=O) groups excluding carboxylic acids is 1. The van der Waals surface area contributed by atoms with Gasteiger partial charge in [-0.15, -0.1) is 0 Å². The fourth-order valence-electron chi connectivity index (χ4n) is 1.42. The molecule has 0 atom stereocenters. The van der Waals surface area contributed by atoms with Crippen molar-refractivity contribution in [2.24, 2.45) is 0 Å². The molecule has 94 valence electrons. The molecule has 0 unspecified atom stereocenters. The smallest absolute Gasteiger partial charge is 0.342 e. The van der Waals surface area contributed by atoms with E-state index in [1.165, 1.54) is 0 Å². The molecule has 17 heavy (non-hydrogen) atoms. The number of carbonyl (C=O) groups is 1. The summed E-state index contributed by atoms with van der Waals surface area (Å²) in [6.07, 6.45) is 0.786. The summed E-state index contributed by atoms with van der Waals surface area (Å²) in [7, 11) is 0. The first-order valence-electron chi connectivity index (χ1n) is 5.99. The van der Waals surface area contributed by atoms with Crippen molar-refractivity contribution < 1.29 is 14.3 Å². The molecule has 0 fully saturated rings. The quantitative estimate of drug-likeness (QED) is 0.735. The van der Waals surface area contributed by atoms with Gasteiger partial charge in [0.15, 0.2) is 0 Å². The molecule has 0 N–H and O–H groups in total. The Labute approximate surface area is 103 Å². The lowest BCUT2D eigenvalue weighted by Gasteiger charge is -2.13. The lowest BCUT2D eigenvalue weighted by molar-refractivity contribution is 0.0373. The van der Waals surface area contributed by atoms with E-state index in [0.29, 0.717) is 17.9 Å². The maximum Gasteiger partial charge on any atom is 0.342 e. The fourth-order valence-corrected chi connectivity index (χ4v) is 1.42. The second-order valence-electron chi connectivity index (χ2n) is 4.30. The molecule has 1 aromatic rings. The zero-order valence-electron chi connectivity index (χ0n) is 10.9. The van der Waals surface area contributed by atoms with Gasteiger partial charge in [-0.3, -0.25) is 0 Å². The average Bonchev–Trinajstić information content (AvgIpc) is 2.26. The van der Waals surface area contributed by atoms with Gasteiger partial charge in [0.25, 0.3) is 0 Å². The Hall–Kier alpha value is -1.51. The monoisotopic (exact) mass is 236 g/mol. The third-order valence-electron chi connectivity index (χ3n) is 2.16. The number of hydrogen-bond donors (Lipinski definition) is 0. The van der Waals surface area contributed by atoms with Gasteiger partial charge < -0.3 is 9.47 Å². The predicted molar refractivity (Wildman–Crippen MR) is 67.5 cm³/mol. The lowest BCUT2D eigenvalue weighted by Crippen LogP contribution is -2.13. The van der Waals surface area contributed by atoms with Gasteiger partial charge in [0, 0.05) is 0 Å².